The van der Waals surface area contributed by atoms with Gasteiger partial charge < -0.3 is 4.90 Å². The molecule has 0 aliphatic carbocycles. The summed E-state index contributed by atoms with van der Waals surface area (Å²) in [5, 5.41) is 0. The van der Waals surface area contributed by atoms with Gasteiger partial charge in [-0.2, -0.15) is 0 Å². The van der Waals surface area contributed by atoms with Crippen molar-refractivity contribution in [3.05, 3.63) is 29.8 Å². The van der Waals surface area contributed by atoms with E-state index in [1.165, 1.54) is 37.2 Å². The number of benzene rings is 1. The Morgan fingerprint density at radius 2 is 1.75 bits per heavy atom. The molecule has 2 heteroatoms. The summed E-state index contributed by atoms with van der Waals surface area (Å²) in [6, 6.07) is 9.08. The SMILES string of the molecule is CC(C)N=Cc1ccc(N2CCCC2)cc1. The van der Waals surface area contributed by atoms with E-state index in [4.69, 9.17) is 0 Å². The lowest BCUT2D eigenvalue weighted by Gasteiger charge is -2.17. The highest BCUT2D eigenvalue weighted by molar-refractivity contribution is 5.80. The zero-order valence-electron chi connectivity index (χ0n) is 10.2. The molecule has 2 nitrogen and oxygen atoms in total. The second kappa shape index (κ2) is 5.15. The van der Waals surface area contributed by atoms with E-state index >= 15 is 0 Å². The van der Waals surface area contributed by atoms with Crippen molar-refractivity contribution in [1.82, 2.24) is 0 Å². The first-order valence-electron chi connectivity index (χ1n) is 6.14. The molecule has 1 fully saturated rings. The molecule has 0 radical (unpaired) electrons. The molecule has 1 aliphatic rings. The summed E-state index contributed by atoms with van der Waals surface area (Å²) in [5.74, 6) is 0. The van der Waals surface area contributed by atoms with Crippen molar-refractivity contribution in [3.63, 3.8) is 0 Å². The molecule has 0 unspecified atom stereocenters. The van der Waals surface area contributed by atoms with Crippen LogP contribution in [0.4, 0.5) is 5.69 Å². The number of anilines is 1. The fourth-order valence-corrected chi connectivity index (χ4v) is 1.98. The molecule has 1 aromatic rings. The number of nitrogens with zero attached hydrogens (tertiary/aromatic N) is 2. The standard InChI is InChI=1S/C14H20N2/c1-12(2)15-11-13-5-7-14(8-6-13)16-9-3-4-10-16/h5-8,11-12H,3-4,9-10H2,1-2H3. The molecule has 1 saturated heterocycles. The average Bonchev–Trinajstić information content (AvgIpc) is 2.80. The van der Waals surface area contributed by atoms with Crippen molar-refractivity contribution >= 4 is 11.9 Å². The fourth-order valence-electron chi connectivity index (χ4n) is 1.98. The molecule has 86 valence electrons. The van der Waals surface area contributed by atoms with Gasteiger partial charge in [0.1, 0.15) is 0 Å². The van der Waals surface area contributed by atoms with Crippen molar-refractivity contribution in [1.29, 1.82) is 0 Å². The van der Waals surface area contributed by atoms with Crippen LogP contribution >= 0.6 is 0 Å². The van der Waals surface area contributed by atoms with Gasteiger partial charge in [0.15, 0.2) is 0 Å². The summed E-state index contributed by atoms with van der Waals surface area (Å²) in [7, 11) is 0. The number of rotatable bonds is 3. The minimum Gasteiger partial charge on any atom is -0.372 e. The van der Waals surface area contributed by atoms with Crippen molar-refractivity contribution in [2.45, 2.75) is 32.7 Å². The highest BCUT2D eigenvalue weighted by Crippen LogP contribution is 2.19. The van der Waals surface area contributed by atoms with Crippen molar-refractivity contribution < 1.29 is 0 Å². The third kappa shape index (κ3) is 2.84. The van der Waals surface area contributed by atoms with Gasteiger partial charge in [-0.05, 0) is 44.4 Å². The van der Waals surface area contributed by atoms with Crippen LogP contribution in [-0.4, -0.2) is 25.3 Å². The highest BCUT2D eigenvalue weighted by atomic mass is 15.1. The summed E-state index contributed by atoms with van der Waals surface area (Å²) >= 11 is 0. The summed E-state index contributed by atoms with van der Waals surface area (Å²) < 4.78 is 0. The second-order valence-corrected chi connectivity index (χ2v) is 4.66. The molecule has 1 aromatic carbocycles. The van der Waals surface area contributed by atoms with Crippen molar-refractivity contribution in [3.8, 4) is 0 Å². The Hall–Kier alpha value is -1.31. The molecule has 0 spiro atoms. The van der Waals surface area contributed by atoms with Gasteiger partial charge in [-0.25, -0.2) is 0 Å². The molecular formula is C14H20N2. The molecule has 0 atom stereocenters. The Morgan fingerprint density at radius 1 is 1.12 bits per heavy atom. The zero-order chi connectivity index (χ0) is 11.4. The van der Waals surface area contributed by atoms with Gasteiger partial charge in [0.2, 0.25) is 0 Å². The van der Waals surface area contributed by atoms with Gasteiger partial charge in [0, 0.05) is 31.0 Å². The second-order valence-electron chi connectivity index (χ2n) is 4.66. The summed E-state index contributed by atoms with van der Waals surface area (Å²) in [5.41, 5.74) is 2.54. The van der Waals surface area contributed by atoms with Crippen LogP contribution < -0.4 is 4.90 Å². The first-order valence-corrected chi connectivity index (χ1v) is 6.14. The molecular weight excluding hydrogens is 196 g/mol. The van der Waals surface area contributed by atoms with Crippen LogP contribution in [0.2, 0.25) is 0 Å². The maximum atomic E-state index is 4.38. The molecule has 1 heterocycles. The van der Waals surface area contributed by atoms with E-state index in [2.05, 4.69) is 48.0 Å². The molecule has 1 aliphatic heterocycles. The Bertz CT molecular complexity index is 346. The van der Waals surface area contributed by atoms with Crippen LogP contribution in [0.3, 0.4) is 0 Å². The smallest absolute Gasteiger partial charge is 0.0443 e. The molecule has 2 rings (SSSR count). The van der Waals surface area contributed by atoms with E-state index in [0.717, 1.165) is 0 Å². The monoisotopic (exact) mass is 216 g/mol. The molecule has 0 bridgehead atoms. The number of aliphatic imine (C=N–C) groups is 1. The van der Waals surface area contributed by atoms with Crippen LogP contribution in [0, 0.1) is 0 Å². The fraction of sp³-hybridized carbons (Fsp3) is 0.500. The summed E-state index contributed by atoms with van der Waals surface area (Å²) in [4.78, 5) is 6.83. The predicted molar refractivity (Wildman–Crippen MR) is 70.6 cm³/mol. The minimum absolute atomic E-state index is 0.373. The minimum atomic E-state index is 0.373. The van der Waals surface area contributed by atoms with Crippen LogP contribution in [0.1, 0.15) is 32.3 Å². The molecule has 0 saturated carbocycles. The van der Waals surface area contributed by atoms with Crippen LogP contribution in [0.15, 0.2) is 29.3 Å². The first-order chi connectivity index (χ1) is 7.75. The van der Waals surface area contributed by atoms with E-state index in [9.17, 15) is 0 Å². The Kier molecular flexibility index (Phi) is 3.60. The lowest BCUT2D eigenvalue weighted by atomic mass is 10.2. The Morgan fingerprint density at radius 3 is 2.31 bits per heavy atom. The Labute approximate surface area is 98.0 Å². The van der Waals surface area contributed by atoms with Gasteiger partial charge in [-0.15, -0.1) is 0 Å². The summed E-state index contributed by atoms with van der Waals surface area (Å²) in [6.07, 6.45) is 4.62. The lowest BCUT2D eigenvalue weighted by molar-refractivity contribution is 0.841. The van der Waals surface area contributed by atoms with Crippen molar-refractivity contribution in [2.75, 3.05) is 18.0 Å². The van der Waals surface area contributed by atoms with Crippen LogP contribution in [0.5, 0.6) is 0 Å². The normalized spacial score (nSPS) is 16.6. The largest absolute Gasteiger partial charge is 0.372 e. The summed E-state index contributed by atoms with van der Waals surface area (Å²) in [6.45, 7) is 6.60. The topological polar surface area (TPSA) is 15.6 Å². The van der Waals surface area contributed by atoms with Gasteiger partial charge in [0.25, 0.3) is 0 Å². The van der Waals surface area contributed by atoms with Gasteiger partial charge >= 0.3 is 0 Å². The quantitative estimate of drug-likeness (QED) is 0.709. The lowest BCUT2D eigenvalue weighted by Crippen LogP contribution is -2.17. The third-order valence-electron chi connectivity index (χ3n) is 2.89. The number of hydrogen-bond acceptors (Lipinski definition) is 2. The van der Waals surface area contributed by atoms with Gasteiger partial charge in [-0.1, -0.05) is 12.1 Å². The average molecular weight is 216 g/mol. The highest BCUT2D eigenvalue weighted by Gasteiger charge is 2.11. The molecule has 0 aromatic heterocycles. The van der Waals surface area contributed by atoms with E-state index in [1.54, 1.807) is 0 Å². The van der Waals surface area contributed by atoms with E-state index in [1.807, 2.05) is 6.21 Å². The van der Waals surface area contributed by atoms with Gasteiger partial charge in [-0.3, -0.25) is 4.99 Å². The number of hydrogen-bond donors (Lipinski definition) is 0. The third-order valence-corrected chi connectivity index (χ3v) is 2.89. The van der Waals surface area contributed by atoms with Crippen molar-refractivity contribution in [2.24, 2.45) is 4.99 Å². The van der Waals surface area contributed by atoms with E-state index in [0.29, 0.717) is 6.04 Å². The predicted octanol–water partition coefficient (Wildman–Crippen LogP) is 3.11. The maximum Gasteiger partial charge on any atom is 0.0443 e. The zero-order valence-corrected chi connectivity index (χ0v) is 10.2. The van der Waals surface area contributed by atoms with Crippen LogP contribution in [-0.2, 0) is 0 Å². The molecule has 0 amide bonds. The maximum absolute atomic E-state index is 4.38. The van der Waals surface area contributed by atoms with Crippen LogP contribution in [0.25, 0.3) is 0 Å². The van der Waals surface area contributed by atoms with Gasteiger partial charge in [0.05, 0.1) is 0 Å². The molecule has 0 N–H and O–H groups in total. The van der Waals surface area contributed by atoms with E-state index in [-0.39, 0.29) is 0 Å². The molecule has 16 heavy (non-hydrogen) atoms. The van der Waals surface area contributed by atoms with E-state index < -0.39 is 0 Å². The Balaban J connectivity index is 2.04. The first kappa shape index (κ1) is 11.2.